The van der Waals surface area contributed by atoms with Gasteiger partial charge in [0.2, 0.25) is 0 Å². The van der Waals surface area contributed by atoms with Gasteiger partial charge in [-0.1, -0.05) is 42.5 Å². The molecule has 0 fully saturated rings. The second kappa shape index (κ2) is 6.75. The summed E-state index contributed by atoms with van der Waals surface area (Å²) in [4.78, 5) is 0. The molecular formula is C17H17Cl3O. The molecule has 4 unspecified atom stereocenters. The smallest absolute Gasteiger partial charge is 0.0837 e. The number of ether oxygens (including phenoxy) is 1. The van der Waals surface area contributed by atoms with Crippen molar-refractivity contribution in [1.29, 1.82) is 0 Å². The van der Waals surface area contributed by atoms with Gasteiger partial charge in [0.15, 0.2) is 0 Å². The molecule has 112 valence electrons. The minimum Gasteiger partial charge on any atom is -0.373 e. The number of allylic oxidation sites excluding steroid dienone is 1. The standard InChI is InChI=1S/C17H17Cl3O/c18-9-8-15-12-6-7-14(19)17(20)16(12)13(10-21-15)11-4-2-1-3-5-11/h1-7,13-15,17H,8-10H2. The normalized spacial score (nSPS) is 32.1. The van der Waals surface area contributed by atoms with E-state index in [4.69, 9.17) is 39.5 Å². The highest BCUT2D eigenvalue weighted by molar-refractivity contribution is 6.32. The molecule has 0 saturated heterocycles. The molecule has 3 rings (SSSR count). The van der Waals surface area contributed by atoms with Crippen molar-refractivity contribution < 1.29 is 4.74 Å². The lowest BCUT2D eigenvalue weighted by molar-refractivity contribution is 0.0572. The maximum absolute atomic E-state index is 6.62. The predicted octanol–water partition coefficient (Wildman–Crippen LogP) is 4.88. The van der Waals surface area contributed by atoms with Gasteiger partial charge in [-0.3, -0.25) is 0 Å². The molecule has 4 atom stereocenters. The molecule has 0 spiro atoms. The molecule has 1 heterocycles. The third-order valence-electron chi connectivity index (χ3n) is 4.13. The number of alkyl halides is 3. The Morgan fingerprint density at radius 1 is 1.14 bits per heavy atom. The van der Waals surface area contributed by atoms with Gasteiger partial charge in [0.05, 0.1) is 23.5 Å². The van der Waals surface area contributed by atoms with Gasteiger partial charge < -0.3 is 4.74 Å². The molecule has 1 aliphatic carbocycles. The van der Waals surface area contributed by atoms with E-state index in [2.05, 4.69) is 18.2 Å². The lowest BCUT2D eigenvalue weighted by Crippen LogP contribution is -2.36. The van der Waals surface area contributed by atoms with E-state index in [0.29, 0.717) is 12.5 Å². The Morgan fingerprint density at radius 3 is 2.62 bits per heavy atom. The van der Waals surface area contributed by atoms with Crippen molar-refractivity contribution >= 4 is 34.8 Å². The first-order valence-corrected chi connectivity index (χ1v) is 8.56. The zero-order valence-corrected chi connectivity index (χ0v) is 13.8. The highest BCUT2D eigenvalue weighted by atomic mass is 35.5. The van der Waals surface area contributed by atoms with Crippen LogP contribution in [-0.2, 0) is 4.74 Å². The largest absolute Gasteiger partial charge is 0.373 e. The molecule has 1 aromatic carbocycles. The first kappa shape index (κ1) is 15.4. The molecule has 2 aliphatic rings. The van der Waals surface area contributed by atoms with Crippen LogP contribution in [0.5, 0.6) is 0 Å². The monoisotopic (exact) mass is 342 g/mol. The van der Waals surface area contributed by atoms with E-state index in [0.717, 1.165) is 12.0 Å². The lowest BCUT2D eigenvalue weighted by Gasteiger charge is -2.38. The second-order valence-electron chi connectivity index (χ2n) is 5.38. The van der Waals surface area contributed by atoms with Crippen LogP contribution in [0.3, 0.4) is 0 Å². The number of benzene rings is 1. The number of rotatable bonds is 3. The van der Waals surface area contributed by atoms with E-state index in [1.54, 1.807) is 0 Å². The van der Waals surface area contributed by atoms with Gasteiger partial charge in [-0.25, -0.2) is 0 Å². The van der Waals surface area contributed by atoms with Gasteiger partial charge in [-0.15, -0.1) is 34.8 Å². The third kappa shape index (κ3) is 3.03. The van der Waals surface area contributed by atoms with Gasteiger partial charge >= 0.3 is 0 Å². The van der Waals surface area contributed by atoms with Crippen LogP contribution in [0.4, 0.5) is 0 Å². The third-order valence-corrected chi connectivity index (χ3v) is 5.38. The van der Waals surface area contributed by atoms with Gasteiger partial charge in [0, 0.05) is 11.8 Å². The first-order valence-electron chi connectivity index (χ1n) is 7.15. The lowest BCUT2D eigenvalue weighted by atomic mass is 9.79. The van der Waals surface area contributed by atoms with Crippen LogP contribution >= 0.6 is 34.8 Å². The Hall–Kier alpha value is -0.470. The number of hydrogen-bond donors (Lipinski definition) is 0. The summed E-state index contributed by atoms with van der Waals surface area (Å²) in [7, 11) is 0. The Kier molecular flexibility index (Phi) is 4.96. The van der Waals surface area contributed by atoms with E-state index in [-0.39, 0.29) is 22.8 Å². The average Bonchev–Trinajstić information content (AvgIpc) is 2.52. The Morgan fingerprint density at radius 2 is 1.90 bits per heavy atom. The molecule has 1 aromatic rings. The fraction of sp³-hybridized carbons (Fsp3) is 0.412. The summed E-state index contributed by atoms with van der Waals surface area (Å²) < 4.78 is 6.04. The topological polar surface area (TPSA) is 9.23 Å². The molecule has 0 N–H and O–H groups in total. The predicted molar refractivity (Wildman–Crippen MR) is 89.7 cm³/mol. The van der Waals surface area contributed by atoms with Crippen molar-refractivity contribution in [2.75, 3.05) is 12.5 Å². The number of halogens is 3. The summed E-state index contributed by atoms with van der Waals surface area (Å²) in [5.74, 6) is 0.740. The van der Waals surface area contributed by atoms with Crippen LogP contribution in [0.2, 0.25) is 0 Å². The maximum atomic E-state index is 6.62. The molecule has 4 heteroatoms. The molecule has 0 saturated carbocycles. The number of hydrogen-bond acceptors (Lipinski definition) is 1. The fourth-order valence-electron chi connectivity index (χ4n) is 3.10. The van der Waals surface area contributed by atoms with Crippen molar-refractivity contribution in [3.8, 4) is 0 Å². The van der Waals surface area contributed by atoms with Gasteiger partial charge in [0.1, 0.15) is 0 Å². The van der Waals surface area contributed by atoms with Gasteiger partial charge in [-0.2, -0.15) is 0 Å². The van der Waals surface area contributed by atoms with Crippen LogP contribution < -0.4 is 0 Å². The van der Waals surface area contributed by atoms with Gasteiger partial charge in [0.25, 0.3) is 0 Å². The van der Waals surface area contributed by atoms with Crippen LogP contribution in [0.25, 0.3) is 0 Å². The molecule has 0 radical (unpaired) electrons. The Balaban J connectivity index is 2.03. The molecule has 21 heavy (non-hydrogen) atoms. The SMILES string of the molecule is ClCCC1OCC(c2ccccc2)C2=C1C=CC(Cl)C2Cl. The summed E-state index contributed by atoms with van der Waals surface area (Å²) in [6, 6.07) is 10.3. The zero-order valence-electron chi connectivity index (χ0n) is 11.5. The van der Waals surface area contributed by atoms with Crippen molar-refractivity contribution in [2.24, 2.45) is 0 Å². The molecular weight excluding hydrogens is 327 g/mol. The second-order valence-corrected chi connectivity index (χ2v) is 6.73. The van der Waals surface area contributed by atoms with Crippen LogP contribution in [-0.4, -0.2) is 29.3 Å². The minimum absolute atomic E-state index is 0.0270. The summed E-state index contributed by atoms with van der Waals surface area (Å²) in [6.45, 7) is 0.630. The van der Waals surface area contributed by atoms with E-state index < -0.39 is 0 Å². The molecule has 0 aromatic heterocycles. The Labute approximate surface area is 140 Å². The van der Waals surface area contributed by atoms with Gasteiger partial charge in [-0.05, 0) is 23.1 Å². The van der Waals surface area contributed by atoms with Crippen molar-refractivity contribution in [3.63, 3.8) is 0 Å². The van der Waals surface area contributed by atoms with Crippen molar-refractivity contribution in [1.82, 2.24) is 0 Å². The highest BCUT2D eigenvalue weighted by Crippen LogP contribution is 2.43. The zero-order chi connectivity index (χ0) is 14.8. The fourth-order valence-corrected chi connectivity index (χ4v) is 3.87. The van der Waals surface area contributed by atoms with Crippen molar-refractivity contribution in [2.45, 2.75) is 29.2 Å². The highest BCUT2D eigenvalue weighted by Gasteiger charge is 2.37. The van der Waals surface area contributed by atoms with Crippen LogP contribution in [0, 0.1) is 0 Å². The Bertz CT molecular complexity index is 552. The maximum Gasteiger partial charge on any atom is 0.0837 e. The average molecular weight is 344 g/mol. The van der Waals surface area contributed by atoms with Crippen LogP contribution in [0.1, 0.15) is 17.9 Å². The van der Waals surface area contributed by atoms with Crippen molar-refractivity contribution in [3.05, 3.63) is 59.2 Å². The van der Waals surface area contributed by atoms with Crippen LogP contribution in [0.15, 0.2) is 53.6 Å². The summed E-state index contributed by atoms with van der Waals surface area (Å²) in [5.41, 5.74) is 3.58. The summed E-state index contributed by atoms with van der Waals surface area (Å²) in [6.07, 6.45) is 4.84. The quantitative estimate of drug-likeness (QED) is 0.711. The summed E-state index contributed by atoms with van der Waals surface area (Å²) in [5, 5.41) is -0.370. The molecule has 0 bridgehead atoms. The molecule has 1 nitrogen and oxygen atoms in total. The molecule has 0 amide bonds. The van der Waals surface area contributed by atoms with E-state index >= 15 is 0 Å². The van der Waals surface area contributed by atoms with E-state index in [1.807, 2.05) is 24.3 Å². The summed E-state index contributed by atoms with van der Waals surface area (Å²) >= 11 is 18.9. The van der Waals surface area contributed by atoms with E-state index in [9.17, 15) is 0 Å². The van der Waals surface area contributed by atoms with E-state index in [1.165, 1.54) is 11.1 Å². The minimum atomic E-state index is -0.196. The molecule has 1 aliphatic heterocycles. The first-order chi connectivity index (χ1) is 10.2.